The molecule has 0 saturated carbocycles. The van der Waals surface area contributed by atoms with Crippen LogP contribution in [-0.4, -0.2) is 25.6 Å². The molecule has 0 atom stereocenters. The van der Waals surface area contributed by atoms with Crippen molar-refractivity contribution >= 4 is 15.8 Å². The standard InChI is InChI=1S/C16H15F2NO3S/c1-11(20)13-4-3-5-14(9-13)23(21,22)19(2)10-12-6-7-15(17)16(18)8-12/h3-9H,10H2,1-2H3. The fraction of sp³-hybridized carbons (Fsp3) is 0.188. The molecule has 0 amide bonds. The van der Waals surface area contributed by atoms with E-state index in [1.165, 1.54) is 44.3 Å². The first kappa shape index (κ1) is 17.2. The van der Waals surface area contributed by atoms with Crippen LogP contribution in [0.15, 0.2) is 47.4 Å². The molecular formula is C16H15F2NO3S. The quantitative estimate of drug-likeness (QED) is 0.787. The fourth-order valence-corrected chi connectivity index (χ4v) is 3.24. The third-order valence-electron chi connectivity index (χ3n) is 3.34. The number of benzene rings is 2. The topological polar surface area (TPSA) is 54.5 Å². The lowest BCUT2D eigenvalue weighted by Crippen LogP contribution is -2.26. The minimum atomic E-state index is -3.85. The molecular weight excluding hydrogens is 324 g/mol. The number of carbonyl (C=O) groups is 1. The van der Waals surface area contributed by atoms with E-state index < -0.39 is 21.7 Å². The van der Waals surface area contributed by atoms with Crippen LogP contribution in [-0.2, 0) is 16.6 Å². The lowest BCUT2D eigenvalue weighted by Gasteiger charge is -2.17. The summed E-state index contributed by atoms with van der Waals surface area (Å²) in [5.41, 5.74) is 0.602. The Morgan fingerprint density at radius 1 is 1.09 bits per heavy atom. The van der Waals surface area contributed by atoms with Gasteiger partial charge in [-0.3, -0.25) is 4.79 Å². The van der Waals surface area contributed by atoms with Crippen LogP contribution in [0, 0.1) is 11.6 Å². The average molecular weight is 339 g/mol. The van der Waals surface area contributed by atoms with E-state index in [0.29, 0.717) is 5.56 Å². The lowest BCUT2D eigenvalue weighted by molar-refractivity contribution is 0.101. The number of ketones is 1. The second-order valence-electron chi connectivity index (χ2n) is 5.09. The maximum atomic E-state index is 13.2. The monoisotopic (exact) mass is 339 g/mol. The average Bonchev–Trinajstić information content (AvgIpc) is 2.51. The van der Waals surface area contributed by atoms with Gasteiger partial charge in [0.2, 0.25) is 10.0 Å². The smallest absolute Gasteiger partial charge is 0.243 e. The van der Waals surface area contributed by atoms with E-state index in [4.69, 9.17) is 0 Å². The SMILES string of the molecule is CC(=O)c1cccc(S(=O)(=O)N(C)Cc2ccc(F)c(F)c2)c1. The van der Waals surface area contributed by atoms with Crippen LogP contribution < -0.4 is 0 Å². The Morgan fingerprint density at radius 2 is 1.78 bits per heavy atom. The van der Waals surface area contributed by atoms with Crippen molar-refractivity contribution in [3.05, 3.63) is 65.2 Å². The Labute approximate surface area is 133 Å². The normalized spacial score (nSPS) is 11.7. The van der Waals surface area contributed by atoms with Gasteiger partial charge >= 0.3 is 0 Å². The molecule has 2 rings (SSSR count). The summed E-state index contributed by atoms with van der Waals surface area (Å²) in [5, 5.41) is 0. The van der Waals surface area contributed by atoms with Crippen molar-refractivity contribution in [1.29, 1.82) is 0 Å². The summed E-state index contributed by atoms with van der Waals surface area (Å²) in [6.45, 7) is 1.22. The van der Waals surface area contributed by atoms with Crippen molar-refractivity contribution in [2.45, 2.75) is 18.4 Å². The molecule has 2 aromatic carbocycles. The Kier molecular flexibility index (Phi) is 4.91. The van der Waals surface area contributed by atoms with Gasteiger partial charge in [-0.05, 0) is 36.8 Å². The molecule has 0 fully saturated rings. The molecule has 0 spiro atoms. The van der Waals surface area contributed by atoms with Crippen LogP contribution >= 0.6 is 0 Å². The summed E-state index contributed by atoms with van der Waals surface area (Å²) in [6.07, 6.45) is 0. The zero-order chi connectivity index (χ0) is 17.2. The van der Waals surface area contributed by atoms with Gasteiger partial charge in [0.15, 0.2) is 17.4 Å². The lowest BCUT2D eigenvalue weighted by atomic mass is 10.2. The van der Waals surface area contributed by atoms with Gasteiger partial charge in [0.05, 0.1) is 4.90 Å². The van der Waals surface area contributed by atoms with Crippen LogP contribution in [0.4, 0.5) is 8.78 Å². The molecule has 7 heteroatoms. The number of nitrogens with zero attached hydrogens (tertiary/aromatic N) is 1. The van der Waals surface area contributed by atoms with Crippen LogP contribution in [0.25, 0.3) is 0 Å². The van der Waals surface area contributed by atoms with Crippen LogP contribution in [0.1, 0.15) is 22.8 Å². The van der Waals surface area contributed by atoms with Gasteiger partial charge in [-0.2, -0.15) is 4.31 Å². The highest BCUT2D eigenvalue weighted by molar-refractivity contribution is 7.89. The first-order valence-electron chi connectivity index (χ1n) is 6.73. The van der Waals surface area contributed by atoms with Gasteiger partial charge in [0, 0.05) is 19.2 Å². The Morgan fingerprint density at radius 3 is 2.39 bits per heavy atom. The summed E-state index contributed by atoms with van der Waals surface area (Å²) in [7, 11) is -2.52. The van der Waals surface area contributed by atoms with Gasteiger partial charge in [0.1, 0.15) is 0 Å². The largest absolute Gasteiger partial charge is 0.295 e. The maximum Gasteiger partial charge on any atom is 0.243 e. The van der Waals surface area contributed by atoms with Crippen LogP contribution in [0.5, 0.6) is 0 Å². The van der Waals surface area contributed by atoms with Crippen LogP contribution in [0.2, 0.25) is 0 Å². The molecule has 0 aliphatic rings. The molecule has 4 nitrogen and oxygen atoms in total. The molecule has 0 saturated heterocycles. The van der Waals surface area contributed by atoms with Crippen molar-refractivity contribution in [3.63, 3.8) is 0 Å². The van der Waals surface area contributed by atoms with Gasteiger partial charge < -0.3 is 0 Å². The van der Waals surface area contributed by atoms with Gasteiger partial charge in [-0.25, -0.2) is 17.2 Å². The number of hydrogen-bond acceptors (Lipinski definition) is 3. The first-order chi connectivity index (χ1) is 10.7. The van der Waals surface area contributed by atoms with E-state index in [-0.39, 0.29) is 22.8 Å². The highest BCUT2D eigenvalue weighted by atomic mass is 32.2. The van der Waals surface area contributed by atoms with Crippen molar-refractivity contribution in [2.75, 3.05) is 7.05 Å². The van der Waals surface area contributed by atoms with E-state index in [1.54, 1.807) is 0 Å². The van der Waals surface area contributed by atoms with E-state index >= 15 is 0 Å². The van der Waals surface area contributed by atoms with Crippen molar-refractivity contribution in [3.8, 4) is 0 Å². The third-order valence-corrected chi connectivity index (χ3v) is 5.14. The van der Waals surface area contributed by atoms with E-state index in [2.05, 4.69) is 0 Å². The first-order valence-corrected chi connectivity index (χ1v) is 8.17. The molecule has 0 unspecified atom stereocenters. The molecule has 0 N–H and O–H groups in total. The highest BCUT2D eigenvalue weighted by Gasteiger charge is 2.22. The van der Waals surface area contributed by atoms with Gasteiger partial charge in [-0.15, -0.1) is 0 Å². The number of halogens is 2. The Bertz CT molecular complexity index is 850. The highest BCUT2D eigenvalue weighted by Crippen LogP contribution is 2.19. The number of hydrogen-bond donors (Lipinski definition) is 0. The summed E-state index contributed by atoms with van der Waals surface area (Å²) in [5.74, 6) is -2.27. The predicted molar refractivity (Wildman–Crippen MR) is 81.5 cm³/mol. The number of sulfonamides is 1. The van der Waals surface area contributed by atoms with E-state index in [9.17, 15) is 22.0 Å². The molecule has 0 heterocycles. The molecule has 2 aromatic rings. The maximum absolute atomic E-state index is 13.2. The van der Waals surface area contributed by atoms with E-state index in [1.807, 2.05) is 0 Å². The van der Waals surface area contributed by atoms with Gasteiger partial charge in [-0.1, -0.05) is 18.2 Å². The summed E-state index contributed by atoms with van der Waals surface area (Å²) in [4.78, 5) is 11.3. The fourth-order valence-electron chi connectivity index (χ4n) is 2.04. The van der Waals surface area contributed by atoms with Gasteiger partial charge in [0.25, 0.3) is 0 Å². The number of Topliss-reactive ketones (excluding diaryl/α,β-unsaturated/α-hetero) is 1. The summed E-state index contributed by atoms with van der Waals surface area (Å²) < 4.78 is 52.2. The Hall–Kier alpha value is -2.12. The Balaban J connectivity index is 2.29. The zero-order valence-corrected chi connectivity index (χ0v) is 13.4. The predicted octanol–water partition coefficient (Wildman–Crippen LogP) is 2.99. The second kappa shape index (κ2) is 6.55. The summed E-state index contributed by atoms with van der Waals surface area (Å²) >= 11 is 0. The molecule has 0 bridgehead atoms. The second-order valence-corrected chi connectivity index (χ2v) is 7.14. The molecule has 23 heavy (non-hydrogen) atoms. The van der Waals surface area contributed by atoms with Crippen molar-refractivity contribution in [1.82, 2.24) is 4.31 Å². The summed E-state index contributed by atoms with van der Waals surface area (Å²) in [6, 6.07) is 8.89. The molecule has 0 aliphatic carbocycles. The zero-order valence-electron chi connectivity index (χ0n) is 12.6. The molecule has 0 aliphatic heterocycles. The molecule has 122 valence electrons. The number of rotatable bonds is 5. The molecule has 0 radical (unpaired) electrons. The minimum absolute atomic E-state index is 0.0321. The van der Waals surface area contributed by atoms with Crippen molar-refractivity contribution in [2.24, 2.45) is 0 Å². The molecule has 0 aromatic heterocycles. The van der Waals surface area contributed by atoms with Crippen molar-refractivity contribution < 1.29 is 22.0 Å². The van der Waals surface area contributed by atoms with E-state index in [0.717, 1.165) is 16.4 Å². The number of carbonyl (C=O) groups excluding carboxylic acids is 1. The minimum Gasteiger partial charge on any atom is -0.295 e. The van der Waals surface area contributed by atoms with Crippen LogP contribution in [0.3, 0.4) is 0 Å². The third kappa shape index (κ3) is 3.80.